The number of hydrogen-bond donors (Lipinski definition) is 19. The Hall–Kier alpha value is -9.50. The summed E-state index contributed by atoms with van der Waals surface area (Å²) in [6.07, 6.45) is 3.23. The Kier molecular flexibility index (Phi) is 40.1. The third-order valence-corrected chi connectivity index (χ3v) is 21.2. The van der Waals surface area contributed by atoms with Crippen LogP contribution in [0, 0.1) is 16.7 Å². The van der Waals surface area contributed by atoms with Crippen LogP contribution in [-0.4, -0.2) is 264 Å². The number of hydrogen-bond acceptors (Lipinski definition) is 22. The molecule has 5 rings (SSSR count). The molecule has 0 radical (unpaired) electrons. The molecule has 4 aliphatic heterocycles. The van der Waals surface area contributed by atoms with Crippen LogP contribution in [0.3, 0.4) is 0 Å². The number of carbonyl (C=O) groups is 15. The van der Waals surface area contributed by atoms with E-state index in [9.17, 15) is 62.3 Å². The van der Waals surface area contributed by atoms with Crippen molar-refractivity contribution in [3.8, 4) is 0 Å². The first-order valence-corrected chi connectivity index (χ1v) is 40.4. The lowest BCUT2D eigenvalue weighted by Crippen LogP contribution is -2.61. The molecular formula is C72H116N22O15S2. The zero-order valence-corrected chi connectivity index (χ0v) is 65.6. The van der Waals surface area contributed by atoms with E-state index >= 15 is 9.59 Å². The standard InChI is InChI=1S/C72H116N22O15S2/c1-6-7-19-47-62(101)91-54(66(105)88-51(42(4)95)33-43-17-9-8-10-18-43)39-110-37-45(96)38-111-40-55(67(106)90-53(34-44(74)35-79-5)65(104)84-46(20-11-12-27-73)60(99)82-36-59(98)93-30-15-23-56(93)68(107)85-47)92-64(103)52(32-41(2)3)89-61(100)48(21-13-28-80-71(75)76)86-69(108)57-24-16-31-94(57)70(109)50(22-14-29-81-72(77)78)87-63(102)49-25-26-58(97)83-49/h8-10,17-18,41,44,46-57H,5-7,11-16,19-40,73-74H2,1-4H3,(H,82,99)(H,83,97)(H,84,104)(H,85,107)(H,86,108)(H,87,102)(H,88,105)(H,89,100)(H,90,106)(H,91,101)(H,92,103)(H4,75,76,80)(H4,77,78,81)/t44?,46-,47-,48-,49-,50-,51-,52-,53-,54-,55-,56-,57-/m0/s1. The number of fused-ring (bicyclic) bond motifs is 1. The molecule has 0 spiro atoms. The highest BCUT2D eigenvalue weighted by molar-refractivity contribution is 8.01. The molecule has 37 nitrogen and oxygen atoms in total. The van der Waals surface area contributed by atoms with Crippen LogP contribution in [0.2, 0.25) is 0 Å². The summed E-state index contributed by atoms with van der Waals surface area (Å²) in [6, 6.07) is -7.47. The first-order valence-electron chi connectivity index (χ1n) is 38.1. The molecule has 1 aromatic carbocycles. The fraction of sp³-hybridized carbons (Fsp3) is 0.667. The summed E-state index contributed by atoms with van der Waals surface area (Å²) in [5, 5.41) is 50.4. The number of nitrogens with zero attached hydrogens (tertiary/aromatic N) is 3. The number of benzene rings is 1. The number of aliphatic imine (C=N–C) groups is 1. The van der Waals surface area contributed by atoms with E-state index in [1.165, 1.54) is 16.7 Å². The number of amides is 13. The van der Waals surface area contributed by atoms with Gasteiger partial charge < -0.3 is 102 Å². The van der Waals surface area contributed by atoms with Gasteiger partial charge in [0.25, 0.3) is 0 Å². The number of guanidine groups is 2. The van der Waals surface area contributed by atoms with E-state index in [4.69, 9.17) is 33.8 Å². The maximum Gasteiger partial charge on any atom is 0.245 e. The SMILES string of the molecule is C=NCC(N)C[C@@H]1NC(=O)[C@@H](NC(=O)[C@H](CC(C)C)NC(=O)[C@H](CCCNC(=N)N)NC(=O)[C@@H]2CCCN2C(=O)[C@H](CCCNC(=N)N)NC(=O)[C@@H]2CCC(=O)N2)CSCC(=O)CSC[C@@H](C(=O)N[C@@H](Cc2ccccc2)C(C)=O)NC(=O)[C@H](CCCC)NC(=O)[C@@H]2CCCN2C(=O)CNC(=O)[C@H](CCCCN)NC1=O. The molecule has 1 unspecified atom stereocenters. The largest absolute Gasteiger partial charge is 0.370 e. The van der Waals surface area contributed by atoms with Crippen molar-refractivity contribution in [2.75, 3.05) is 68.8 Å². The molecular weight excluding hydrogens is 1480 g/mol. The molecule has 13 amide bonds. The molecule has 4 heterocycles. The van der Waals surface area contributed by atoms with Crippen LogP contribution in [0.25, 0.3) is 0 Å². The zero-order chi connectivity index (χ0) is 81.7. The van der Waals surface area contributed by atoms with Crippen molar-refractivity contribution in [3.05, 3.63) is 35.9 Å². The molecule has 0 aromatic heterocycles. The van der Waals surface area contributed by atoms with Crippen LogP contribution in [0.4, 0.5) is 0 Å². The van der Waals surface area contributed by atoms with Gasteiger partial charge in [-0.25, -0.2) is 0 Å². The van der Waals surface area contributed by atoms with Gasteiger partial charge >= 0.3 is 0 Å². The van der Waals surface area contributed by atoms with Gasteiger partial charge in [-0.15, -0.1) is 0 Å². The van der Waals surface area contributed by atoms with Crippen LogP contribution in [0.15, 0.2) is 35.3 Å². The zero-order valence-electron chi connectivity index (χ0n) is 64.0. The van der Waals surface area contributed by atoms with E-state index in [1.807, 2.05) is 6.92 Å². The predicted octanol–water partition coefficient (Wildman–Crippen LogP) is -4.08. The Morgan fingerprint density at radius 1 is 0.658 bits per heavy atom. The van der Waals surface area contributed by atoms with Gasteiger partial charge in [-0.3, -0.25) is 87.7 Å². The minimum absolute atomic E-state index is 0.00898. The fourth-order valence-corrected chi connectivity index (χ4v) is 15.1. The van der Waals surface area contributed by atoms with Gasteiger partial charge in [-0.2, -0.15) is 23.5 Å². The smallest absolute Gasteiger partial charge is 0.245 e. The number of nitrogens with one attached hydrogen (secondary N) is 15. The second kappa shape index (κ2) is 48.3. The number of thioether (sulfide) groups is 2. The lowest BCUT2D eigenvalue weighted by Gasteiger charge is -2.31. The third kappa shape index (κ3) is 32.0. The number of ketones is 2. The summed E-state index contributed by atoms with van der Waals surface area (Å²) < 4.78 is 0. The van der Waals surface area contributed by atoms with Gasteiger partial charge in [0.2, 0.25) is 76.8 Å². The van der Waals surface area contributed by atoms with Gasteiger partial charge in [0.15, 0.2) is 23.5 Å². The Balaban J connectivity index is 1.50. The van der Waals surface area contributed by atoms with E-state index in [-0.39, 0.29) is 175 Å². The van der Waals surface area contributed by atoms with Crippen LogP contribution in [-0.2, 0) is 78.3 Å². The molecule has 13 atom stereocenters. The minimum Gasteiger partial charge on any atom is -0.370 e. The molecule has 39 heteroatoms. The van der Waals surface area contributed by atoms with Gasteiger partial charge in [0.1, 0.15) is 66.5 Å². The van der Waals surface area contributed by atoms with Gasteiger partial charge in [-0.05, 0) is 134 Å². The number of likely N-dealkylation sites (tertiary alicyclic amines) is 1. The number of Topliss-reactive ketones (excluding diaryl/α,β-unsaturated/α-hetero) is 2. The van der Waals surface area contributed by atoms with E-state index in [0.717, 1.165) is 29.1 Å². The number of nitrogens with two attached hydrogens (primary N) is 4. The molecule has 4 aliphatic rings. The Morgan fingerprint density at radius 2 is 1.26 bits per heavy atom. The second-order valence-electron chi connectivity index (χ2n) is 28.7. The maximum absolute atomic E-state index is 15.1. The molecule has 1 aromatic rings. The number of carbonyl (C=O) groups excluding carboxylic acids is 15. The lowest BCUT2D eigenvalue weighted by molar-refractivity contribution is -0.142. The molecule has 0 aliphatic carbocycles. The van der Waals surface area contributed by atoms with E-state index < -0.39 is 162 Å². The Bertz CT molecular complexity index is 3410. The molecule has 111 heavy (non-hydrogen) atoms. The topological polar surface area (TPSA) is 583 Å². The quantitative estimate of drug-likeness (QED) is 0.0175. The van der Waals surface area contributed by atoms with E-state index in [0.29, 0.717) is 38.5 Å². The average Bonchev–Trinajstić information content (AvgIpc) is 1.71. The predicted molar refractivity (Wildman–Crippen MR) is 419 cm³/mol. The normalized spacial score (nSPS) is 22.7. The van der Waals surface area contributed by atoms with Crippen LogP contribution >= 0.6 is 23.5 Å². The molecule has 4 saturated heterocycles. The molecule has 0 saturated carbocycles. The number of rotatable bonds is 35. The van der Waals surface area contributed by atoms with Crippen molar-refractivity contribution in [2.24, 2.45) is 33.8 Å². The van der Waals surface area contributed by atoms with Crippen LogP contribution in [0.1, 0.15) is 149 Å². The van der Waals surface area contributed by atoms with Crippen LogP contribution < -0.4 is 92.1 Å². The maximum atomic E-state index is 15.1. The van der Waals surface area contributed by atoms with Crippen molar-refractivity contribution < 1.29 is 71.9 Å². The average molecular weight is 1590 g/mol. The second-order valence-corrected chi connectivity index (χ2v) is 30.7. The molecule has 4 fully saturated rings. The summed E-state index contributed by atoms with van der Waals surface area (Å²) in [5.41, 5.74) is 24.1. The van der Waals surface area contributed by atoms with Crippen molar-refractivity contribution in [1.29, 1.82) is 10.8 Å². The minimum atomic E-state index is -1.63. The highest BCUT2D eigenvalue weighted by Gasteiger charge is 2.42. The van der Waals surface area contributed by atoms with Crippen molar-refractivity contribution in [1.82, 2.24) is 78.9 Å². The third-order valence-electron chi connectivity index (χ3n) is 19.0. The molecule has 23 N–H and O–H groups in total. The summed E-state index contributed by atoms with van der Waals surface area (Å²) in [4.78, 5) is 219. The van der Waals surface area contributed by atoms with Crippen LogP contribution in [0.5, 0.6) is 0 Å². The summed E-state index contributed by atoms with van der Waals surface area (Å²) in [7, 11) is 0. The van der Waals surface area contributed by atoms with Crippen molar-refractivity contribution in [2.45, 2.75) is 228 Å². The molecule has 616 valence electrons. The highest BCUT2D eigenvalue weighted by atomic mass is 32.2. The van der Waals surface area contributed by atoms with E-state index in [2.05, 4.69) is 80.8 Å². The van der Waals surface area contributed by atoms with Gasteiger partial charge in [0, 0.05) is 50.1 Å². The number of unbranched alkanes of at least 4 members (excludes halogenated alkanes) is 2. The first kappa shape index (κ1) is 92.1. The summed E-state index contributed by atoms with van der Waals surface area (Å²) in [5.74, 6) is -12.8. The fourth-order valence-electron chi connectivity index (χ4n) is 13.1. The van der Waals surface area contributed by atoms with Gasteiger partial charge in [0.05, 0.1) is 30.6 Å². The summed E-state index contributed by atoms with van der Waals surface area (Å²) >= 11 is 1.86. The Morgan fingerprint density at radius 3 is 1.89 bits per heavy atom. The lowest BCUT2D eigenvalue weighted by atomic mass is 10.0. The first-order chi connectivity index (χ1) is 52.9. The molecule has 0 bridgehead atoms. The van der Waals surface area contributed by atoms with E-state index in [1.54, 1.807) is 44.2 Å². The van der Waals surface area contributed by atoms with Crippen molar-refractivity contribution in [3.63, 3.8) is 0 Å². The monoisotopic (exact) mass is 1590 g/mol. The Labute approximate surface area is 655 Å². The highest BCUT2D eigenvalue weighted by Crippen LogP contribution is 2.23. The summed E-state index contributed by atoms with van der Waals surface area (Å²) in [6.45, 7) is 10.1. The van der Waals surface area contributed by atoms with Crippen molar-refractivity contribution >= 4 is 131 Å². The van der Waals surface area contributed by atoms with Gasteiger partial charge in [-0.1, -0.05) is 63.9 Å².